The molecule has 5 heteroatoms. The Labute approximate surface area is 167 Å². The first-order valence-electron chi connectivity index (χ1n) is 9.86. The lowest BCUT2D eigenvalue weighted by Crippen LogP contribution is -2.39. The van der Waals surface area contributed by atoms with Crippen molar-refractivity contribution in [1.82, 2.24) is 4.90 Å². The second-order valence-corrected chi connectivity index (χ2v) is 7.58. The van der Waals surface area contributed by atoms with E-state index in [4.69, 9.17) is 9.47 Å². The van der Waals surface area contributed by atoms with E-state index in [0.717, 1.165) is 42.0 Å². The molecule has 28 heavy (non-hydrogen) atoms. The average Bonchev–Trinajstić information content (AvgIpc) is 3.19. The van der Waals surface area contributed by atoms with Crippen LogP contribution in [0, 0.1) is 6.92 Å². The Hall–Kier alpha value is -2.53. The number of ether oxygens (including phenoxy) is 2. The Morgan fingerprint density at radius 1 is 1.18 bits per heavy atom. The number of carbonyl (C=O) groups is 1. The molecule has 1 fully saturated rings. The van der Waals surface area contributed by atoms with Crippen molar-refractivity contribution in [3.05, 3.63) is 59.7 Å². The third-order valence-corrected chi connectivity index (χ3v) is 4.98. The van der Waals surface area contributed by atoms with Gasteiger partial charge in [-0.15, -0.1) is 0 Å². The predicted octanol–water partition coefficient (Wildman–Crippen LogP) is 3.65. The average molecular weight is 383 g/mol. The molecule has 2 aromatic carbocycles. The van der Waals surface area contributed by atoms with Gasteiger partial charge in [-0.2, -0.15) is 0 Å². The van der Waals surface area contributed by atoms with Gasteiger partial charge in [0, 0.05) is 39.5 Å². The van der Waals surface area contributed by atoms with Crippen molar-refractivity contribution in [2.24, 2.45) is 0 Å². The van der Waals surface area contributed by atoms with Gasteiger partial charge in [0.1, 0.15) is 5.75 Å². The van der Waals surface area contributed by atoms with E-state index in [1.165, 1.54) is 0 Å². The minimum Gasteiger partial charge on any atom is -0.484 e. The molecule has 1 aliphatic rings. The van der Waals surface area contributed by atoms with Crippen LogP contribution in [0.15, 0.2) is 48.5 Å². The SMILES string of the molecule is Cc1cccc(OCC(=O)N(Cc2ccc(N(C)C)cc2)CC2CCCO2)c1. The van der Waals surface area contributed by atoms with Gasteiger partial charge in [0.25, 0.3) is 5.91 Å². The van der Waals surface area contributed by atoms with Gasteiger partial charge in [-0.1, -0.05) is 24.3 Å². The standard InChI is InChI=1S/C23H30N2O3/c1-18-6-4-7-21(14-18)28-17-23(26)25(16-22-8-5-13-27-22)15-19-9-11-20(12-10-19)24(2)3/h4,6-7,9-12,14,22H,5,8,13,15-17H2,1-3H3. The maximum Gasteiger partial charge on any atom is 0.260 e. The highest BCUT2D eigenvalue weighted by molar-refractivity contribution is 5.77. The smallest absolute Gasteiger partial charge is 0.260 e. The molecule has 1 amide bonds. The number of benzene rings is 2. The van der Waals surface area contributed by atoms with Crippen molar-refractivity contribution in [1.29, 1.82) is 0 Å². The van der Waals surface area contributed by atoms with Crippen molar-refractivity contribution < 1.29 is 14.3 Å². The third kappa shape index (κ3) is 5.73. The number of nitrogens with zero attached hydrogens (tertiary/aromatic N) is 2. The van der Waals surface area contributed by atoms with Crippen LogP contribution < -0.4 is 9.64 Å². The van der Waals surface area contributed by atoms with Crippen molar-refractivity contribution in [2.75, 3.05) is 38.8 Å². The minimum absolute atomic E-state index is 0.0197. The molecule has 3 rings (SSSR count). The van der Waals surface area contributed by atoms with Crippen molar-refractivity contribution in [2.45, 2.75) is 32.4 Å². The van der Waals surface area contributed by atoms with E-state index in [1.807, 2.05) is 50.2 Å². The molecule has 0 N–H and O–H groups in total. The summed E-state index contributed by atoms with van der Waals surface area (Å²) in [7, 11) is 4.04. The lowest BCUT2D eigenvalue weighted by molar-refractivity contribution is -0.135. The molecule has 0 aromatic heterocycles. The summed E-state index contributed by atoms with van der Waals surface area (Å²) in [6.45, 7) is 3.99. The van der Waals surface area contributed by atoms with Gasteiger partial charge in [-0.25, -0.2) is 0 Å². The van der Waals surface area contributed by atoms with Crippen LogP contribution in [-0.4, -0.2) is 50.8 Å². The Bertz CT molecular complexity index is 768. The van der Waals surface area contributed by atoms with Crippen LogP contribution in [0.3, 0.4) is 0 Å². The normalized spacial score (nSPS) is 16.0. The van der Waals surface area contributed by atoms with Crippen LogP contribution in [0.2, 0.25) is 0 Å². The minimum atomic E-state index is -0.0197. The van der Waals surface area contributed by atoms with Crippen molar-refractivity contribution >= 4 is 11.6 Å². The molecule has 0 radical (unpaired) electrons. The van der Waals surface area contributed by atoms with Crippen LogP contribution in [0.25, 0.3) is 0 Å². The van der Waals surface area contributed by atoms with Crippen molar-refractivity contribution in [3.63, 3.8) is 0 Å². The van der Waals surface area contributed by atoms with E-state index < -0.39 is 0 Å². The fourth-order valence-corrected chi connectivity index (χ4v) is 3.35. The molecule has 0 bridgehead atoms. The fourth-order valence-electron chi connectivity index (χ4n) is 3.35. The molecule has 0 saturated carbocycles. The van der Waals surface area contributed by atoms with Gasteiger partial charge in [-0.05, 0) is 55.2 Å². The molecule has 2 aromatic rings. The molecule has 1 heterocycles. The molecular formula is C23H30N2O3. The molecule has 1 saturated heterocycles. The Kier molecular flexibility index (Phi) is 6.93. The van der Waals surface area contributed by atoms with Gasteiger partial charge in [0.2, 0.25) is 0 Å². The second-order valence-electron chi connectivity index (χ2n) is 7.58. The number of hydrogen-bond donors (Lipinski definition) is 0. The summed E-state index contributed by atoms with van der Waals surface area (Å²) < 4.78 is 11.5. The van der Waals surface area contributed by atoms with Gasteiger partial charge in [-0.3, -0.25) is 4.79 Å². The van der Waals surface area contributed by atoms with E-state index in [1.54, 1.807) is 0 Å². The Balaban J connectivity index is 1.65. The van der Waals surface area contributed by atoms with E-state index in [2.05, 4.69) is 29.2 Å². The number of carbonyl (C=O) groups excluding carboxylic acids is 1. The number of amides is 1. The summed E-state index contributed by atoms with van der Waals surface area (Å²) in [5.41, 5.74) is 3.36. The van der Waals surface area contributed by atoms with Gasteiger partial charge < -0.3 is 19.3 Å². The van der Waals surface area contributed by atoms with E-state index in [9.17, 15) is 4.79 Å². The first-order valence-corrected chi connectivity index (χ1v) is 9.86. The van der Waals surface area contributed by atoms with E-state index in [0.29, 0.717) is 13.1 Å². The fraction of sp³-hybridized carbons (Fsp3) is 0.435. The number of anilines is 1. The number of aryl methyl sites for hydroxylation is 1. The molecule has 0 aliphatic carbocycles. The number of rotatable bonds is 8. The summed E-state index contributed by atoms with van der Waals surface area (Å²) in [4.78, 5) is 16.8. The molecule has 0 spiro atoms. The summed E-state index contributed by atoms with van der Waals surface area (Å²) in [6, 6.07) is 16.1. The quantitative estimate of drug-likeness (QED) is 0.699. The highest BCUT2D eigenvalue weighted by Crippen LogP contribution is 2.18. The molecule has 1 aliphatic heterocycles. The van der Waals surface area contributed by atoms with Crippen molar-refractivity contribution in [3.8, 4) is 5.75 Å². The topological polar surface area (TPSA) is 42.0 Å². The summed E-state index contributed by atoms with van der Waals surface area (Å²) in [6.07, 6.45) is 2.18. The lowest BCUT2D eigenvalue weighted by atomic mass is 10.1. The maximum atomic E-state index is 12.9. The van der Waals surface area contributed by atoms with Crippen LogP contribution >= 0.6 is 0 Å². The van der Waals surface area contributed by atoms with Crippen LogP contribution in [0.1, 0.15) is 24.0 Å². The molecule has 1 atom stereocenters. The van der Waals surface area contributed by atoms with E-state index in [-0.39, 0.29) is 18.6 Å². The summed E-state index contributed by atoms with van der Waals surface area (Å²) in [5.74, 6) is 0.703. The number of hydrogen-bond acceptors (Lipinski definition) is 4. The Morgan fingerprint density at radius 2 is 1.96 bits per heavy atom. The van der Waals surface area contributed by atoms with Crippen LogP contribution in [-0.2, 0) is 16.1 Å². The zero-order valence-corrected chi connectivity index (χ0v) is 17.1. The predicted molar refractivity (Wildman–Crippen MR) is 112 cm³/mol. The monoisotopic (exact) mass is 382 g/mol. The largest absolute Gasteiger partial charge is 0.484 e. The summed E-state index contributed by atoms with van der Waals surface area (Å²) >= 11 is 0. The Morgan fingerprint density at radius 3 is 2.61 bits per heavy atom. The zero-order valence-electron chi connectivity index (χ0n) is 17.1. The molecule has 1 unspecified atom stereocenters. The van der Waals surface area contributed by atoms with Crippen LogP contribution in [0.4, 0.5) is 5.69 Å². The summed E-state index contributed by atoms with van der Waals surface area (Å²) in [5, 5.41) is 0. The molecule has 5 nitrogen and oxygen atoms in total. The second kappa shape index (κ2) is 9.60. The van der Waals surface area contributed by atoms with E-state index >= 15 is 0 Å². The zero-order chi connectivity index (χ0) is 19.9. The highest BCUT2D eigenvalue weighted by atomic mass is 16.5. The highest BCUT2D eigenvalue weighted by Gasteiger charge is 2.23. The third-order valence-electron chi connectivity index (χ3n) is 4.98. The first kappa shape index (κ1) is 20.2. The molecular weight excluding hydrogens is 352 g/mol. The van der Waals surface area contributed by atoms with Gasteiger partial charge in [0.15, 0.2) is 6.61 Å². The van der Waals surface area contributed by atoms with Gasteiger partial charge in [0.05, 0.1) is 6.10 Å². The maximum absolute atomic E-state index is 12.9. The van der Waals surface area contributed by atoms with Gasteiger partial charge >= 0.3 is 0 Å². The first-order chi connectivity index (χ1) is 13.5. The molecule has 150 valence electrons. The van der Waals surface area contributed by atoms with Crippen LogP contribution in [0.5, 0.6) is 5.75 Å². The lowest BCUT2D eigenvalue weighted by Gasteiger charge is -2.26.